The third kappa shape index (κ3) is 3.36. The highest BCUT2D eigenvalue weighted by Gasteiger charge is 2.22. The van der Waals surface area contributed by atoms with E-state index in [2.05, 4.69) is 14.9 Å². The van der Waals surface area contributed by atoms with Crippen molar-refractivity contribution in [3.8, 4) is 10.8 Å². The molecule has 2 aromatic rings. The van der Waals surface area contributed by atoms with E-state index in [-0.39, 0.29) is 16.5 Å². The maximum atomic E-state index is 11.4. The number of rotatable bonds is 5. The number of ether oxygens (including phenoxy) is 1. The second-order valence-electron chi connectivity index (χ2n) is 3.87. The van der Waals surface area contributed by atoms with Gasteiger partial charge in [-0.2, -0.15) is 0 Å². The van der Waals surface area contributed by atoms with E-state index >= 15 is 0 Å². The van der Waals surface area contributed by atoms with E-state index in [0.717, 1.165) is 4.88 Å². The molecule has 102 valence electrons. The van der Waals surface area contributed by atoms with Crippen LogP contribution >= 0.6 is 23.1 Å². The van der Waals surface area contributed by atoms with E-state index in [9.17, 15) is 4.79 Å². The SMILES string of the molecule is COC(=O)C(C)SC(C)c1nnc(-c2cccs2)o1. The van der Waals surface area contributed by atoms with Crippen molar-refractivity contribution in [2.75, 3.05) is 7.11 Å². The summed E-state index contributed by atoms with van der Waals surface area (Å²) in [4.78, 5) is 12.3. The third-order valence-corrected chi connectivity index (χ3v) is 4.53. The molecule has 0 aliphatic carbocycles. The molecule has 5 nitrogen and oxygen atoms in total. The molecule has 0 fully saturated rings. The Morgan fingerprint density at radius 2 is 2.26 bits per heavy atom. The van der Waals surface area contributed by atoms with Gasteiger partial charge in [0, 0.05) is 0 Å². The van der Waals surface area contributed by atoms with Crippen LogP contribution in [-0.2, 0) is 9.53 Å². The summed E-state index contributed by atoms with van der Waals surface area (Å²) >= 11 is 2.97. The first-order valence-corrected chi connectivity index (χ1v) is 7.54. The molecule has 0 spiro atoms. The van der Waals surface area contributed by atoms with E-state index in [1.54, 1.807) is 18.3 Å². The Morgan fingerprint density at radius 3 is 2.89 bits per heavy atom. The van der Waals surface area contributed by atoms with Crippen LogP contribution in [-0.4, -0.2) is 28.5 Å². The minimum absolute atomic E-state index is 0.0599. The van der Waals surface area contributed by atoms with Crippen molar-refractivity contribution in [3.05, 3.63) is 23.4 Å². The first-order chi connectivity index (χ1) is 9.11. The number of thioether (sulfide) groups is 1. The molecule has 0 N–H and O–H groups in total. The van der Waals surface area contributed by atoms with E-state index in [0.29, 0.717) is 11.8 Å². The van der Waals surface area contributed by atoms with Crippen LogP contribution in [0, 0.1) is 0 Å². The van der Waals surface area contributed by atoms with E-state index in [1.165, 1.54) is 18.9 Å². The lowest BCUT2D eigenvalue weighted by Gasteiger charge is -2.11. The van der Waals surface area contributed by atoms with Crippen molar-refractivity contribution in [1.82, 2.24) is 10.2 Å². The fraction of sp³-hybridized carbons (Fsp3) is 0.417. The molecule has 0 amide bonds. The van der Waals surface area contributed by atoms with Crippen LogP contribution in [0.5, 0.6) is 0 Å². The van der Waals surface area contributed by atoms with Gasteiger partial charge in [0.05, 0.1) is 17.2 Å². The fourth-order valence-corrected chi connectivity index (χ4v) is 3.16. The van der Waals surface area contributed by atoms with E-state index in [4.69, 9.17) is 4.42 Å². The van der Waals surface area contributed by atoms with Crippen molar-refractivity contribution in [2.24, 2.45) is 0 Å². The minimum atomic E-state index is -0.267. The highest BCUT2D eigenvalue weighted by atomic mass is 32.2. The Labute approximate surface area is 119 Å². The molecule has 2 aromatic heterocycles. The third-order valence-electron chi connectivity index (χ3n) is 2.46. The van der Waals surface area contributed by atoms with Gasteiger partial charge in [0.15, 0.2) is 0 Å². The summed E-state index contributed by atoms with van der Waals surface area (Å²) in [7, 11) is 1.38. The van der Waals surface area contributed by atoms with Gasteiger partial charge in [0.25, 0.3) is 5.89 Å². The summed E-state index contributed by atoms with van der Waals surface area (Å²) in [5.74, 6) is 0.780. The van der Waals surface area contributed by atoms with Crippen molar-refractivity contribution in [2.45, 2.75) is 24.3 Å². The van der Waals surface area contributed by atoms with Crippen molar-refractivity contribution in [1.29, 1.82) is 0 Å². The van der Waals surface area contributed by atoms with Gasteiger partial charge >= 0.3 is 5.97 Å². The average Bonchev–Trinajstić information content (AvgIpc) is 3.07. The molecular formula is C12H14N2O3S2. The van der Waals surface area contributed by atoms with Crippen molar-refractivity contribution in [3.63, 3.8) is 0 Å². The molecule has 2 heterocycles. The zero-order chi connectivity index (χ0) is 13.8. The normalized spacial score (nSPS) is 14.1. The quantitative estimate of drug-likeness (QED) is 0.790. The van der Waals surface area contributed by atoms with Gasteiger partial charge in [-0.05, 0) is 25.3 Å². The Balaban J connectivity index is 2.04. The number of hydrogen-bond donors (Lipinski definition) is 0. The summed E-state index contributed by atoms with van der Waals surface area (Å²) in [5.41, 5.74) is 0. The molecule has 0 radical (unpaired) electrons. The van der Waals surface area contributed by atoms with Crippen LogP contribution in [0.4, 0.5) is 0 Å². The molecule has 0 saturated carbocycles. The van der Waals surface area contributed by atoms with Gasteiger partial charge in [0.2, 0.25) is 5.89 Å². The number of esters is 1. The second-order valence-corrected chi connectivity index (χ2v) is 6.50. The van der Waals surface area contributed by atoms with Gasteiger partial charge in [-0.25, -0.2) is 0 Å². The van der Waals surface area contributed by atoms with Crippen LogP contribution in [0.15, 0.2) is 21.9 Å². The number of carbonyl (C=O) groups excluding carboxylic acids is 1. The lowest BCUT2D eigenvalue weighted by Crippen LogP contribution is -2.15. The largest absolute Gasteiger partial charge is 0.468 e. The molecule has 0 aliphatic heterocycles. The highest BCUT2D eigenvalue weighted by molar-refractivity contribution is 8.00. The maximum absolute atomic E-state index is 11.4. The van der Waals surface area contributed by atoms with Crippen molar-refractivity contribution >= 4 is 29.1 Å². The van der Waals surface area contributed by atoms with Gasteiger partial charge < -0.3 is 9.15 Å². The van der Waals surface area contributed by atoms with E-state index < -0.39 is 0 Å². The molecule has 7 heteroatoms. The predicted molar refractivity (Wildman–Crippen MR) is 75.1 cm³/mol. The Kier molecular flexibility index (Phi) is 4.60. The minimum Gasteiger partial charge on any atom is -0.468 e. The van der Waals surface area contributed by atoms with Crippen LogP contribution < -0.4 is 0 Å². The average molecular weight is 298 g/mol. The second kappa shape index (κ2) is 6.21. The fourth-order valence-electron chi connectivity index (χ4n) is 1.48. The molecular weight excluding hydrogens is 284 g/mol. The summed E-state index contributed by atoms with van der Waals surface area (Å²) < 4.78 is 10.3. The van der Waals surface area contributed by atoms with Gasteiger partial charge in [-0.3, -0.25) is 4.79 Å². The zero-order valence-corrected chi connectivity index (χ0v) is 12.5. The smallest absolute Gasteiger partial charge is 0.318 e. The first kappa shape index (κ1) is 14.1. The summed E-state index contributed by atoms with van der Waals surface area (Å²) in [6.07, 6.45) is 0. The van der Waals surface area contributed by atoms with Crippen LogP contribution in [0.1, 0.15) is 25.0 Å². The number of thiophene rings is 1. The standard InChI is InChI=1S/C12H14N2O3S2/c1-7(19-8(2)12(15)16-3)10-13-14-11(17-10)9-5-4-6-18-9/h4-8H,1-3H3. The van der Waals surface area contributed by atoms with Crippen LogP contribution in [0.2, 0.25) is 0 Å². The number of hydrogen-bond acceptors (Lipinski definition) is 7. The Bertz CT molecular complexity index is 539. The number of aromatic nitrogens is 2. The topological polar surface area (TPSA) is 65.2 Å². The number of nitrogens with zero attached hydrogens (tertiary/aromatic N) is 2. The predicted octanol–water partition coefficient (Wildman–Crippen LogP) is 3.15. The molecule has 2 rings (SSSR count). The molecule has 2 unspecified atom stereocenters. The molecule has 2 atom stereocenters. The molecule has 0 saturated heterocycles. The van der Waals surface area contributed by atoms with E-state index in [1.807, 2.05) is 24.4 Å². The molecule has 0 bridgehead atoms. The van der Waals surface area contributed by atoms with Gasteiger partial charge in [-0.15, -0.1) is 33.3 Å². The Hall–Kier alpha value is -1.34. The van der Waals surface area contributed by atoms with Gasteiger partial charge in [0.1, 0.15) is 5.25 Å². The summed E-state index contributed by atoms with van der Waals surface area (Å²) in [6, 6.07) is 3.86. The lowest BCUT2D eigenvalue weighted by atomic mass is 10.5. The lowest BCUT2D eigenvalue weighted by molar-refractivity contribution is -0.139. The van der Waals surface area contributed by atoms with Crippen molar-refractivity contribution < 1.29 is 13.9 Å². The molecule has 19 heavy (non-hydrogen) atoms. The Morgan fingerprint density at radius 1 is 1.47 bits per heavy atom. The number of methoxy groups -OCH3 is 1. The van der Waals surface area contributed by atoms with Crippen LogP contribution in [0.3, 0.4) is 0 Å². The molecule has 0 aromatic carbocycles. The molecule has 0 aliphatic rings. The highest BCUT2D eigenvalue weighted by Crippen LogP contribution is 2.33. The zero-order valence-electron chi connectivity index (χ0n) is 10.8. The summed E-state index contributed by atoms with van der Waals surface area (Å²) in [5, 5.41) is 9.67. The summed E-state index contributed by atoms with van der Waals surface area (Å²) in [6.45, 7) is 3.72. The first-order valence-electron chi connectivity index (χ1n) is 5.72. The van der Waals surface area contributed by atoms with Crippen LogP contribution in [0.25, 0.3) is 10.8 Å². The monoisotopic (exact) mass is 298 g/mol. The maximum Gasteiger partial charge on any atom is 0.318 e. The number of carbonyl (C=O) groups is 1. The van der Waals surface area contributed by atoms with Gasteiger partial charge in [-0.1, -0.05) is 6.07 Å².